The van der Waals surface area contributed by atoms with Gasteiger partial charge in [0, 0.05) is 6.20 Å². The zero-order valence-corrected chi connectivity index (χ0v) is 8.98. The Labute approximate surface area is 91.4 Å². The maximum atomic E-state index is 11.9. The highest BCUT2D eigenvalue weighted by Crippen LogP contribution is 2.09. The summed E-state index contributed by atoms with van der Waals surface area (Å²) >= 11 is 0. The Balaban J connectivity index is 2.12. The molecule has 1 aromatic carbocycles. The van der Waals surface area contributed by atoms with Crippen molar-refractivity contribution in [2.75, 3.05) is 0 Å². The lowest BCUT2D eigenvalue weighted by Crippen LogP contribution is -1.98. The first-order chi connectivity index (χ1) is 7.36. The molecule has 1 heterocycles. The molecular formula is C12H11NOS. The predicted molar refractivity (Wildman–Crippen MR) is 60.8 cm³/mol. The maximum absolute atomic E-state index is 11.9. The van der Waals surface area contributed by atoms with Gasteiger partial charge in [-0.3, -0.25) is 4.21 Å². The minimum Gasteiger partial charge on any atom is -0.252 e. The molecule has 76 valence electrons. The Bertz CT molecular complexity index is 442. The lowest BCUT2D eigenvalue weighted by molar-refractivity contribution is 0.680. The summed E-state index contributed by atoms with van der Waals surface area (Å²) in [5.74, 6) is 0.526. The van der Waals surface area contributed by atoms with Gasteiger partial charge in [-0.15, -0.1) is 0 Å². The molecule has 0 bridgehead atoms. The van der Waals surface area contributed by atoms with Crippen LogP contribution in [0.1, 0.15) is 5.56 Å². The maximum Gasteiger partial charge on any atom is 0.127 e. The number of aromatic nitrogens is 1. The highest BCUT2D eigenvalue weighted by atomic mass is 32.2. The molecule has 0 aliphatic rings. The monoisotopic (exact) mass is 217 g/mol. The van der Waals surface area contributed by atoms with E-state index in [4.69, 9.17) is 0 Å². The Hall–Kier alpha value is -1.48. The van der Waals surface area contributed by atoms with Gasteiger partial charge < -0.3 is 0 Å². The molecule has 0 amide bonds. The van der Waals surface area contributed by atoms with Gasteiger partial charge in [-0.1, -0.05) is 36.4 Å². The second-order valence-electron chi connectivity index (χ2n) is 3.14. The van der Waals surface area contributed by atoms with Gasteiger partial charge in [-0.25, -0.2) is 4.98 Å². The molecule has 3 heteroatoms. The molecule has 2 aromatic rings. The van der Waals surface area contributed by atoms with Gasteiger partial charge in [-0.2, -0.15) is 0 Å². The topological polar surface area (TPSA) is 30.0 Å². The van der Waals surface area contributed by atoms with Gasteiger partial charge in [0.15, 0.2) is 0 Å². The van der Waals surface area contributed by atoms with E-state index in [1.807, 2.05) is 42.5 Å². The summed E-state index contributed by atoms with van der Waals surface area (Å²) in [6.45, 7) is 0. The van der Waals surface area contributed by atoms with Crippen molar-refractivity contribution in [2.45, 2.75) is 10.8 Å². The van der Waals surface area contributed by atoms with Crippen molar-refractivity contribution in [3.63, 3.8) is 0 Å². The highest BCUT2D eigenvalue weighted by molar-refractivity contribution is 7.84. The molecule has 0 radical (unpaired) electrons. The number of nitrogens with zero attached hydrogens (tertiary/aromatic N) is 1. The van der Waals surface area contributed by atoms with E-state index in [9.17, 15) is 4.21 Å². The fourth-order valence-electron chi connectivity index (χ4n) is 1.28. The van der Waals surface area contributed by atoms with Crippen molar-refractivity contribution in [2.24, 2.45) is 0 Å². The first kappa shape index (κ1) is 10.1. The number of rotatable bonds is 3. The van der Waals surface area contributed by atoms with Crippen LogP contribution in [-0.4, -0.2) is 9.19 Å². The largest absolute Gasteiger partial charge is 0.252 e. The van der Waals surface area contributed by atoms with Crippen molar-refractivity contribution in [3.05, 3.63) is 60.3 Å². The molecule has 0 aliphatic carbocycles. The van der Waals surface area contributed by atoms with E-state index >= 15 is 0 Å². The molecule has 15 heavy (non-hydrogen) atoms. The lowest BCUT2D eigenvalue weighted by atomic mass is 10.2. The highest BCUT2D eigenvalue weighted by Gasteiger charge is 2.04. The molecule has 0 aliphatic heterocycles. The van der Waals surface area contributed by atoms with Gasteiger partial charge in [-0.05, 0) is 17.7 Å². The molecule has 1 atom stereocenters. The fourth-order valence-corrected chi connectivity index (χ4v) is 2.33. The first-order valence-electron chi connectivity index (χ1n) is 4.69. The molecule has 0 saturated heterocycles. The Morgan fingerprint density at radius 1 is 1.00 bits per heavy atom. The van der Waals surface area contributed by atoms with Gasteiger partial charge in [0.1, 0.15) is 5.03 Å². The fraction of sp³-hybridized carbons (Fsp3) is 0.0833. The SMILES string of the molecule is O=[S@@](Cc1ccccc1)c1ccccn1. The van der Waals surface area contributed by atoms with E-state index in [1.165, 1.54) is 0 Å². The van der Waals surface area contributed by atoms with Crippen molar-refractivity contribution < 1.29 is 4.21 Å². The van der Waals surface area contributed by atoms with E-state index in [2.05, 4.69) is 4.98 Å². The van der Waals surface area contributed by atoms with Crippen LogP contribution in [-0.2, 0) is 16.6 Å². The Kier molecular flexibility index (Phi) is 3.25. The van der Waals surface area contributed by atoms with E-state index in [-0.39, 0.29) is 0 Å². The molecule has 0 fully saturated rings. The quantitative estimate of drug-likeness (QED) is 0.790. The number of hydrogen-bond acceptors (Lipinski definition) is 2. The van der Waals surface area contributed by atoms with Crippen LogP contribution in [0.2, 0.25) is 0 Å². The second-order valence-corrected chi connectivity index (χ2v) is 4.54. The summed E-state index contributed by atoms with van der Waals surface area (Å²) in [6, 6.07) is 15.3. The van der Waals surface area contributed by atoms with Crippen LogP contribution in [0.3, 0.4) is 0 Å². The normalized spacial score (nSPS) is 12.3. The summed E-state index contributed by atoms with van der Waals surface area (Å²) in [5, 5.41) is 0.640. The first-order valence-corrected chi connectivity index (χ1v) is 6.01. The summed E-state index contributed by atoms with van der Waals surface area (Å²) < 4.78 is 11.9. The second kappa shape index (κ2) is 4.84. The molecule has 2 nitrogen and oxygen atoms in total. The summed E-state index contributed by atoms with van der Waals surface area (Å²) in [6.07, 6.45) is 1.66. The molecule has 0 N–H and O–H groups in total. The van der Waals surface area contributed by atoms with Gasteiger partial charge in [0.2, 0.25) is 0 Å². The molecule has 0 spiro atoms. The van der Waals surface area contributed by atoms with E-state index in [0.29, 0.717) is 10.8 Å². The molecule has 2 rings (SSSR count). The van der Waals surface area contributed by atoms with E-state index in [0.717, 1.165) is 5.56 Å². The van der Waals surface area contributed by atoms with Crippen molar-refractivity contribution in [1.82, 2.24) is 4.98 Å². The zero-order chi connectivity index (χ0) is 10.5. The van der Waals surface area contributed by atoms with Crippen LogP contribution < -0.4 is 0 Å². The van der Waals surface area contributed by atoms with Crippen molar-refractivity contribution in [3.8, 4) is 0 Å². The Morgan fingerprint density at radius 3 is 2.40 bits per heavy atom. The number of hydrogen-bond donors (Lipinski definition) is 0. The molecular weight excluding hydrogens is 206 g/mol. The average Bonchev–Trinajstić information content (AvgIpc) is 2.31. The lowest BCUT2D eigenvalue weighted by Gasteiger charge is -2.00. The van der Waals surface area contributed by atoms with Crippen molar-refractivity contribution >= 4 is 10.8 Å². The van der Waals surface area contributed by atoms with Gasteiger partial charge >= 0.3 is 0 Å². The smallest absolute Gasteiger partial charge is 0.127 e. The van der Waals surface area contributed by atoms with E-state index in [1.54, 1.807) is 12.3 Å². The molecule has 1 aromatic heterocycles. The minimum atomic E-state index is -1.05. The number of benzene rings is 1. The van der Waals surface area contributed by atoms with Gasteiger partial charge in [0.25, 0.3) is 0 Å². The van der Waals surface area contributed by atoms with Crippen LogP contribution in [0.25, 0.3) is 0 Å². The van der Waals surface area contributed by atoms with Crippen LogP contribution in [0.4, 0.5) is 0 Å². The molecule has 0 saturated carbocycles. The van der Waals surface area contributed by atoms with Crippen molar-refractivity contribution in [1.29, 1.82) is 0 Å². The summed E-state index contributed by atoms with van der Waals surface area (Å²) in [7, 11) is -1.05. The third-order valence-corrected chi connectivity index (χ3v) is 3.32. The minimum absolute atomic E-state index is 0.526. The van der Waals surface area contributed by atoms with E-state index < -0.39 is 10.8 Å². The van der Waals surface area contributed by atoms with Gasteiger partial charge in [0.05, 0.1) is 16.6 Å². The van der Waals surface area contributed by atoms with Crippen LogP contribution in [0.15, 0.2) is 59.8 Å². The standard InChI is InChI=1S/C12H11NOS/c14-15(12-8-4-5-9-13-12)10-11-6-2-1-3-7-11/h1-9H,10H2/t15-/m0/s1. The Morgan fingerprint density at radius 2 is 1.73 bits per heavy atom. The predicted octanol–water partition coefficient (Wildman–Crippen LogP) is 2.39. The summed E-state index contributed by atoms with van der Waals surface area (Å²) in [4.78, 5) is 4.07. The zero-order valence-electron chi connectivity index (χ0n) is 8.17. The average molecular weight is 217 g/mol. The molecule has 0 unspecified atom stereocenters. The van der Waals surface area contributed by atoms with Crippen LogP contribution in [0.5, 0.6) is 0 Å². The third-order valence-electron chi connectivity index (χ3n) is 2.01. The van der Waals surface area contributed by atoms with Crippen LogP contribution >= 0.6 is 0 Å². The number of pyridine rings is 1. The summed E-state index contributed by atoms with van der Waals surface area (Å²) in [5.41, 5.74) is 1.07. The third kappa shape index (κ3) is 2.73. The van der Waals surface area contributed by atoms with Crippen LogP contribution in [0, 0.1) is 0 Å².